The smallest absolute Gasteiger partial charge is 0.420 e. The van der Waals surface area contributed by atoms with Gasteiger partial charge in [-0.3, -0.25) is 24.0 Å². The number of ketones is 2. The van der Waals surface area contributed by atoms with Gasteiger partial charge >= 0.3 is 24.0 Å². The summed E-state index contributed by atoms with van der Waals surface area (Å²) in [6.07, 6.45) is 0.188. The van der Waals surface area contributed by atoms with Crippen LogP contribution in [0.4, 0.5) is 4.79 Å². The average Bonchev–Trinajstić information content (AvgIpc) is 3.65. The molecule has 0 N–H and O–H groups in total. The number of likely N-dealkylation sites (N-methyl/N-ethyl adjacent to an activating group) is 1. The lowest BCUT2D eigenvalue weighted by Gasteiger charge is -2.47. The molecule has 1 saturated heterocycles. The quantitative estimate of drug-likeness (QED) is 0.201. The number of esters is 3. The number of imidazole rings is 1. The van der Waals surface area contributed by atoms with Gasteiger partial charge in [0.05, 0.1) is 23.9 Å². The molecule has 302 valence electrons. The average molecular weight is 764 g/mol. The maximum absolute atomic E-state index is 14.4. The van der Waals surface area contributed by atoms with Crippen LogP contribution in [0.25, 0.3) is 0 Å². The van der Waals surface area contributed by atoms with Gasteiger partial charge in [0.1, 0.15) is 25.0 Å². The minimum absolute atomic E-state index is 0.0357. The van der Waals surface area contributed by atoms with Gasteiger partial charge in [0, 0.05) is 50.8 Å². The molecule has 3 heterocycles. The second-order valence-corrected chi connectivity index (χ2v) is 14.9. The Morgan fingerprint density at radius 2 is 1.72 bits per heavy atom. The Hall–Kier alpha value is -3.99. The molecule has 0 unspecified atom stereocenters. The van der Waals surface area contributed by atoms with Gasteiger partial charge in [-0.25, -0.2) is 14.3 Å². The van der Waals surface area contributed by atoms with Gasteiger partial charge < -0.3 is 38.1 Å². The van der Waals surface area contributed by atoms with Gasteiger partial charge in [-0.1, -0.05) is 20.8 Å². The van der Waals surface area contributed by atoms with Crippen molar-refractivity contribution in [3.63, 3.8) is 0 Å². The highest BCUT2D eigenvalue weighted by atomic mass is 16.7. The van der Waals surface area contributed by atoms with E-state index >= 15 is 0 Å². The number of cyclic esters (lactones) is 1. The van der Waals surface area contributed by atoms with Crippen molar-refractivity contribution in [3.05, 3.63) is 30.4 Å². The Morgan fingerprint density at radius 3 is 2.26 bits per heavy atom. The molecule has 0 aliphatic carbocycles. The molecule has 0 spiro atoms. The molecular weight excluding hydrogens is 706 g/mol. The molecular formula is C38H57N3O13. The first-order chi connectivity index (χ1) is 25.2. The van der Waals surface area contributed by atoms with Crippen LogP contribution >= 0.6 is 0 Å². The molecule has 16 heteroatoms. The van der Waals surface area contributed by atoms with E-state index in [-0.39, 0.29) is 30.6 Å². The zero-order valence-corrected chi connectivity index (χ0v) is 33.5. The van der Waals surface area contributed by atoms with Crippen LogP contribution < -0.4 is 0 Å². The van der Waals surface area contributed by atoms with Crippen LogP contribution in [0.5, 0.6) is 0 Å². The van der Waals surface area contributed by atoms with Crippen LogP contribution in [0, 0.1) is 17.8 Å². The molecule has 1 aromatic heterocycles. The zero-order chi connectivity index (χ0) is 40.7. The van der Waals surface area contributed by atoms with E-state index in [2.05, 4.69) is 4.98 Å². The van der Waals surface area contributed by atoms with Crippen molar-refractivity contribution in [3.8, 4) is 0 Å². The van der Waals surface area contributed by atoms with Crippen LogP contribution in [0.3, 0.4) is 0 Å². The van der Waals surface area contributed by atoms with E-state index in [4.69, 9.17) is 33.2 Å². The largest absolute Gasteiger partial charge is 0.461 e. The lowest BCUT2D eigenvalue weighted by atomic mass is 9.76. The Kier molecular flexibility index (Phi) is 15.3. The normalized spacial score (nSPS) is 34.4. The number of hydrogen-bond donors (Lipinski definition) is 0. The van der Waals surface area contributed by atoms with Crippen molar-refractivity contribution < 1.29 is 61.9 Å². The van der Waals surface area contributed by atoms with Gasteiger partial charge in [-0.05, 0) is 67.1 Å². The monoisotopic (exact) mass is 763 g/mol. The van der Waals surface area contributed by atoms with Gasteiger partial charge in [0.15, 0.2) is 29.6 Å². The van der Waals surface area contributed by atoms with Crippen molar-refractivity contribution in [1.82, 2.24) is 14.5 Å². The van der Waals surface area contributed by atoms with Crippen molar-refractivity contribution in [2.45, 2.75) is 130 Å². The Bertz CT molecular complexity index is 1540. The summed E-state index contributed by atoms with van der Waals surface area (Å²) in [6.45, 7) is 13.3. The fourth-order valence-electron chi connectivity index (χ4n) is 7.24. The number of carbonyl (C=O) groups excluding carboxylic acids is 6. The summed E-state index contributed by atoms with van der Waals surface area (Å²) < 4.78 is 43.0. The molecule has 0 amide bonds. The maximum Gasteiger partial charge on any atom is 0.420 e. The van der Waals surface area contributed by atoms with Gasteiger partial charge in [0.25, 0.3) is 0 Å². The minimum atomic E-state index is -1.80. The van der Waals surface area contributed by atoms with Crippen LogP contribution in [0.2, 0.25) is 0 Å². The molecule has 3 rings (SSSR count). The Labute approximate surface area is 317 Å². The second-order valence-electron chi connectivity index (χ2n) is 14.9. The molecule has 2 aliphatic heterocycles. The van der Waals surface area contributed by atoms with E-state index in [1.54, 1.807) is 27.7 Å². The predicted octanol–water partition coefficient (Wildman–Crippen LogP) is 3.68. The number of aromatic nitrogens is 2. The first kappa shape index (κ1) is 44.4. The lowest BCUT2D eigenvalue weighted by molar-refractivity contribution is -0.297. The highest BCUT2D eigenvalue weighted by Crippen LogP contribution is 2.38. The second kappa shape index (κ2) is 18.6. The molecule has 0 bridgehead atoms. The van der Waals surface area contributed by atoms with Crippen molar-refractivity contribution >= 4 is 35.6 Å². The summed E-state index contributed by atoms with van der Waals surface area (Å²) >= 11 is 0. The minimum Gasteiger partial charge on any atom is -0.461 e. The fraction of sp³-hybridized carbons (Fsp3) is 0.711. The summed E-state index contributed by atoms with van der Waals surface area (Å²) in [5, 5.41) is 0. The number of ether oxygens (including phenoxy) is 7. The number of Topliss-reactive ketones (excluding diaryl/α,β-unsaturated/α-hetero) is 2. The topological polar surface area (TPSA) is 188 Å². The van der Waals surface area contributed by atoms with Gasteiger partial charge in [-0.15, -0.1) is 0 Å². The molecule has 1 fully saturated rings. The fourth-order valence-corrected chi connectivity index (χ4v) is 7.24. The number of carbonyl (C=O) groups is 6. The standard InChI is InChI=1S/C38H57N3O13/c1-13-29-37(8,54-36(47)41-15-14-39-20-41)18-27(19-49-25(6)42)30(44)21(2)17-38(9,48-12)33(23(4)31(45)24(5)34(46)52-29)53-35-32(51-26(7)43)28(40(10)11)16-22(3)50-35/h14-15,18,20-24,28-29,32-33,35H,13,16-17,19H2,1-12H3/t21-,22-,23+,24-,28+,29-,32-,33-,35+,37+,38+/m1/s1. The molecule has 0 saturated carbocycles. The van der Waals surface area contributed by atoms with Gasteiger partial charge in [-0.2, -0.15) is 0 Å². The lowest BCUT2D eigenvalue weighted by Crippen LogP contribution is -2.60. The summed E-state index contributed by atoms with van der Waals surface area (Å²) in [4.78, 5) is 86.1. The van der Waals surface area contributed by atoms with E-state index in [0.29, 0.717) is 6.42 Å². The third-order valence-electron chi connectivity index (χ3n) is 10.2. The first-order valence-electron chi connectivity index (χ1n) is 18.2. The number of nitrogens with zero attached hydrogens (tertiary/aromatic N) is 3. The molecule has 1 aromatic rings. The van der Waals surface area contributed by atoms with Crippen LogP contribution in [-0.2, 0) is 57.1 Å². The molecule has 54 heavy (non-hydrogen) atoms. The molecule has 2 aliphatic rings. The van der Waals surface area contributed by atoms with Crippen molar-refractivity contribution in [1.29, 1.82) is 0 Å². The summed E-state index contributed by atoms with van der Waals surface area (Å²) in [5.41, 5.74) is -3.24. The number of hydrogen-bond acceptors (Lipinski definition) is 15. The van der Waals surface area contributed by atoms with E-state index in [9.17, 15) is 28.8 Å². The maximum atomic E-state index is 14.4. The van der Waals surface area contributed by atoms with Crippen LogP contribution in [0.15, 0.2) is 30.4 Å². The SMILES string of the molecule is CC[C@H]1OC(=O)[C@H](C)C(=O)[C@H](C)[C@@H](O[C@@H]2O[C@H](C)C[C@H](N(C)C)[C@H]2OC(C)=O)[C@@](C)(OC)C[C@@H](C)C(=O)C(COC(C)=O)=C[C@]1(C)OC(=O)n1ccnc1. The predicted molar refractivity (Wildman–Crippen MR) is 192 cm³/mol. The number of rotatable bonds is 9. The first-order valence-corrected chi connectivity index (χ1v) is 18.2. The molecule has 16 nitrogen and oxygen atoms in total. The Morgan fingerprint density at radius 1 is 1.06 bits per heavy atom. The highest BCUT2D eigenvalue weighted by molar-refractivity contribution is 6.00. The summed E-state index contributed by atoms with van der Waals surface area (Å²) in [5.74, 6) is -6.47. The van der Waals surface area contributed by atoms with E-state index in [1.807, 2.05) is 25.9 Å². The van der Waals surface area contributed by atoms with E-state index < -0.39 is 95.7 Å². The third kappa shape index (κ3) is 10.6. The number of methoxy groups -OCH3 is 1. The third-order valence-corrected chi connectivity index (χ3v) is 10.2. The highest BCUT2D eigenvalue weighted by Gasteiger charge is 2.51. The molecule has 0 radical (unpaired) electrons. The van der Waals surface area contributed by atoms with Gasteiger partial charge in [0.2, 0.25) is 0 Å². The molecule has 0 aromatic carbocycles. The van der Waals surface area contributed by atoms with E-state index in [1.165, 1.54) is 59.6 Å². The Balaban J connectivity index is 2.22. The van der Waals surface area contributed by atoms with E-state index in [0.717, 1.165) is 4.57 Å². The van der Waals surface area contributed by atoms with Crippen molar-refractivity contribution in [2.75, 3.05) is 27.8 Å². The zero-order valence-electron chi connectivity index (χ0n) is 33.5. The summed E-state index contributed by atoms with van der Waals surface area (Å²) in [7, 11) is 5.10. The van der Waals surface area contributed by atoms with Crippen LogP contribution in [0.1, 0.15) is 81.6 Å². The molecule has 11 atom stereocenters. The van der Waals surface area contributed by atoms with Crippen molar-refractivity contribution in [2.24, 2.45) is 17.8 Å². The summed E-state index contributed by atoms with van der Waals surface area (Å²) in [6, 6.07) is -0.312. The van der Waals surface area contributed by atoms with Crippen LogP contribution in [-0.4, -0.2) is 126 Å².